The minimum Gasteiger partial charge on any atom is -0.444 e. The highest BCUT2D eigenvalue weighted by molar-refractivity contribution is 5.98. The SMILES string of the molecule is Cn1cc(NC(=O)OC(C)(C)C)c2c(=O)n(CC(F)F)cnc21. The number of alkyl halides is 2. The summed E-state index contributed by atoms with van der Waals surface area (Å²) >= 11 is 0. The third kappa shape index (κ3) is 3.85. The van der Waals surface area contributed by atoms with Gasteiger partial charge in [0.2, 0.25) is 0 Å². The number of hydrogen-bond acceptors (Lipinski definition) is 4. The van der Waals surface area contributed by atoms with Crippen molar-refractivity contribution in [2.75, 3.05) is 5.32 Å². The van der Waals surface area contributed by atoms with Crippen molar-refractivity contribution >= 4 is 22.8 Å². The summed E-state index contributed by atoms with van der Waals surface area (Å²) in [7, 11) is 1.63. The summed E-state index contributed by atoms with van der Waals surface area (Å²) in [6.07, 6.45) is -0.879. The zero-order valence-corrected chi connectivity index (χ0v) is 13.3. The normalized spacial score (nSPS) is 12.0. The third-order valence-electron chi connectivity index (χ3n) is 2.91. The maximum atomic E-state index is 12.5. The first kappa shape index (κ1) is 16.9. The predicted molar refractivity (Wildman–Crippen MR) is 80.8 cm³/mol. The van der Waals surface area contributed by atoms with Gasteiger partial charge in [-0.2, -0.15) is 0 Å². The average Bonchev–Trinajstić information content (AvgIpc) is 2.67. The molecule has 0 fully saturated rings. The van der Waals surface area contributed by atoms with Crippen LogP contribution in [0.2, 0.25) is 0 Å². The molecule has 2 heterocycles. The van der Waals surface area contributed by atoms with E-state index in [0.717, 1.165) is 10.9 Å². The highest BCUT2D eigenvalue weighted by Gasteiger charge is 2.20. The summed E-state index contributed by atoms with van der Waals surface area (Å²) in [5.41, 5.74) is -0.908. The Kier molecular flexibility index (Phi) is 4.39. The van der Waals surface area contributed by atoms with Gasteiger partial charge in [-0.25, -0.2) is 18.6 Å². The van der Waals surface area contributed by atoms with Crippen molar-refractivity contribution in [3.05, 3.63) is 22.9 Å². The number of carbonyl (C=O) groups is 1. The standard InChI is InChI=1S/C14H18F2N4O3/c1-14(2,3)23-13(22)18-8-5-19(4)11-10(8)12(21)20(7-17-11)6-9(15)16/h5,7,9H,6H2,1-4H3,(H,18,22). The molecule has 0 spiro atoms. The number of fused-ring (bicyclic) bond motifs is 1. The van der Waals surface area contributed by atoms with Gasteiger partial charge in [0.1, 0.15) is 23.0 Å². The van der Waals surface area contributed by atoms with E-state index in [1.807, 2.05) is 0 Å². The molecule has 0 atom stereocenters. The Labute approximate surface area is 130 Å². The van der Waals surface area contributed by atoms with Crippen molar-refractivity contribution < 1.29 is 18.3 Å². The predicted octanol–water partition coefficient (Wildman–Crippen LogP) is 2.35. The second kappa shape index (κ2) is 5.98. The Morgan fingerprint density at radius 1 is 1.43 bits per heavy atom. The van der Waals surface area contributed by atoms with Gasteiger partial charge in [0.25, 0.3) is 12.0 Å². The molecule has 0 aliphatic rings. The Hall–Kier alpha value is -2.45. The monoisotopic (exact) mass is 328 g/mol. The van der Waals surface area contributed by atoms with Gasteiger partial charge in [0.15, 0.2) is 0 Å². The fourth-order valence-electron chi connectivity index (χ4n) is 2.09. The molecule has 0 unspecified atom stereocenters. The zero-order valence-electron chi connectivity index (χ0n) is 13.3. The molecule has 9 heteroatoms. The molecule has 0 aliphatic carbocycles. The molecule has 2 aromatic heterocycles. The van der Waals surface area contributed by atoms with Crippen LogP contribution in [0.3, 0.4) is 0 Å². The van der Waals surface area contributed by atoms with Gasteiger partial charge in [-0.05, 0) is 20.8 Å². The second-order valence-corrected chi connectivity index (χ2v) is 6.07. The lowest BCUT2D eigenvalue weighted by atomic mass is 10.2. The molecule has 0 radical (unpaired) electrons. The number of nitrogens with one attached hydrogen (secondary N) is 1. The average molecular weight is 328 g/mol. The minimum atomic E-state index is -2.68. The first-order chi connectivity index (χ1) is 10.6. The van der Waals surface area contributed by atoms with Gasteiger partial charge in [0.05, 0.1) is 12.2 Å². The fraction of sp³-hybridized carbons (Fsp3) is 0.500. The highest BCUT2D eigenvalue weighted by Crippen LogP contribution is 2.21. The molecule has 0 saturated heterocycles. The Morgan fingerprint density at radius 3 is 2.65 bits per heavy atom. The van der Waals surface area contributed by atoms with Crippen molar-refractivity contribution in [2.24, 2.45) is 7.05 Å². The maximum Gasteiger partial charge on any atom is 0.412 e. The number of nitrogens with zero attached hydrogens (tertiary/aromatic N) is 3. The number of ether oxygens (including phenoxy) is 1. The number of hydrogen-bond donors (Lipinski definition) is 1. The fourth-order valence-corrected chi connectivity index (χ4v) is 2.09. The quantitative estimate of drug-likeness (QED) is 0.938. The van der Waals surface area contributed by atoms with Gasteiger partial charge in [0, 0.05) is 13.2 Å². The molecule has 126 valence electrons. The summed E-state index contributed by atoms with van der Waals surface area (Å²) < 4.78 is 32.5. The van der Waals surface area contributed by atoms with Crippen LogP contribution >= 0.6 is 0 Å². The van der Waals surface area contributed by atoms with Crippen LogP contribution in [0.1, 0.15) is 20.8 Å². The van der Waals surface area contributed by atoms with Crippen molar-refractivity contribution in [2.45, 2.75) is 39.3 Å². The first-order valence-electron chi connectivity index (χ1n) is 6.91. The molecule has 0 aliphatic heterocycles. The second-order valence-electron chi connectivity index (χ2n) is 6.07. The Balaban J connectivity index is 2.44. The smallest absolute Gasteiger partial charge is 0.412 e. The highest BCUT2D eigenvalue weighted by atomic mass is 19.3. The molecular weight excluding hydrogens is 310 g/mol. The van der Waals surface area contributed by atoms with Gasteiger partial charge in [-0.3, -0.25) is 14.7 Å². The van der Waals surface area contributed by atoms with E-state index in [9.17, 15) is 18.4 Å². The molecule has 2 aromatic rings. The molecular formula is C14H18F2N4O3. The van der Waals surface area contributed by atoms with Crippen LogP contribution in [-0.2, 0) is 18.3 Å². The zero-order chi connectivity index (χ0) is 17.4. The molecule has 0 saturated carbocycles. The number of aryl methyl sites for hydroxylation is 1. The number of aromatic nitrogens is 3. The summed E-state index contributed by atoms with van der Waals surface area (Å²) in [5.74, 6) is 0. The molecule has 1 N–H and O–H groups in total. The van der Waals surface area contributed by atoms with Crippen molar-refractivity contribution in [3.63, 3.8) is 0 Å². The van der Waals surface area contributed by atoms with E-state index in [-0.39, 0.29) is 16.7 Å². The van der Waals surface area contributed by atoms with Gasteiger partial charge in [-0.15, -0.1) is 0 Å². The summed E-state index contributed by atoms with van der Waals surface area (Å²) in [4.78, 5) is 28.2. The summed E-state index contributed by atoms with van der Waals surface area (Å²) in [5, 5.41) is 2.52. The number of halogens is 2. The lowest BCUT2D eigenvalue weighted by Crippen LogP contribution is -2.28. The lowest BCUT2D eigenvalue weighted by Gasteiger charge is -2.19. The van der Waals surface area contributed by atoms with Crippen LogP contribution in [0.25, 0.3) is 11.0 Å². The van der Waals surface area contributed by atoms with E-state index in [0.29, 0.717) is 0 Å². The molecule has 0 bridgehead atoms. The number of anilines is 1. The third-order valence-corrected chi connectivity index (χ3v) is 2.91. The van der Waals surface area contributed by atoms with Crippen molar-refractivity contribution in [1.82, 2.24) is 14.1 Å². The first-order valence-corrected chi connectivity index (χ1v) is 6.91. The van der Waals surface area contributed by atoms with E-state index in [2.05, 4.69) is 10.3 Å². The summed E-state index contributed by atoms with van der Waals surface area (Å²) in [6.45, 7) is 4.34. The van der Waals surface area contributed by atoms with Gasteiger partial charge >= 0.3 is 6.09 Å². The molecule has 23 heavy (non-hydrogen) atoms. The lowest BCUT2D eigenvalue weighted by molar-refractivity contribution is 0.0636. The van der Waals surface area contributed by atoms with Crippen LogP contribution in [0.15, 0.2) is 17.3 Å². The molecule has 7 nitrogen and oxygen atoms in total. The summed E-state index contributed by atoms with van der Waals surface area (Å²) in [6, 6.07) is 0. The Bertz CT molecular complexity index is 790. The van der Waals surface area contributed by atoms with E-state index < -0.39 is 30.2 Å². The molecule has 1 amide bonds. The van der Waals surface area contributed by atoms with E-state index in [4.69, 9.17) is 4.74 Å². The van der Waals surface area contributed by atoms with E-state index in [1.165, 1.54) is 10.8 Å². The van der Waals surface area contributed by atoms with Crippen molar-refractivity contribution in [3.8, 4) is 0 Å². The number of carbonyl (C=O) groups excluding carboxylic acids is 1. The minimum absolute atomic E-state index is 0.0570. The molecule has 0 aromatic carbocycles. The maximum absolute atomic E-state index is 12.5. The van der Waals surface area contributed by atoms with Crippen LogP contribution in [-0.4, -0.2) is 32.2 Å². The van der Waals surface area contributed by atoms with Crippen LogP contribution < -0.4 is 10.9 Å². The largest absolute Gasteiger partial charge is 0.444 e. The van der Waals surface area contributed by atoms with E-state index >= 15 is 0 Å². The number of rotatable bonds is 3. The molecule has 2 rings (SSSR count). The van der Waals surface area contributed by atoms with Crippen LogP contribution in [0.5, 0.6) is 0 Å². The number of amides is 1. The van der Waals surface area contributed by atoms with Crippen LogP contribution in [0.4, 0.5) is 19.3 Å². The van der Waals surface area contributed by atoms with Gasteiger partial charge < -0.3 is 9.30 Å². The van der Waals surface area contributed by atoms with E-state index in [1.54, 1.807) is 27.8 Å². The Morgan fingerprint density at radius 2 is 2.09 bits per heavy atom. The van der Waals surface area contributed by atoms with Crippen LogP contribution in [0, 0.1) is 0 Å². The topological polar surface area (TPSA) is 78.2 Å². The van der Waals surface area contributed by atoms with Gasteiger partial charge in [-0.1, -0.05) is 0 Å². The van der Waals surface area contributed by atoms with Crippen molar-refractivity contribution in [1.29, 1.82) is 0 Å².